The molecule has 1 heterocycles. The molecule has 110 valence electrons. The van der Waals surface area contributed by atoms with Crippen LogP contribution in [0.5, 0.6) is 0 Å². The van der Waals surface area contributed by atoms with Gasteiger partial charge in [-0.1, -0.05) is 29.8 Å². The van der Waals surface area contributed by atoms with E-state index in [1.165, 1.54) is 18.5 Å². The molecule has 0 aliphatic heterocycles. The zero-order valence-corrected chi connectivity index (χ0v) is 12.5. The standard InChI is InChI=1S/C18H16FN3/c1-11-3-4-12(2)15(7-11)13-5-6-14(16(19)8-13)17-9-22-18(20)10-21-17/h3-10H,1-2H3,(H2,20,22). The second-order valence-electron chi connectivity index (χ2n) is 5.34. The summed E-state index contributed by atoms with van der Waals surface area (Å²) in [6, 6.07) is 11.3. The average Bonchev–Trinajstić information content (AvgIpc) is 2.51. The van der Waals surface area contributed by atoms with Gasteiger partial charge in [0.15, 0.2) is 0 Å². The molecule has 0 unspecified atom stereocenters. The van der Waals surface area contributed by atoms with Crippen molar-refractivity contribution in [3.8, 4) is 22.4 Å². The van der Waals surface area contributed by atoms with Crippen LogP contribution in [0.4, 0.5) is 10.2 Å². The van der Waals surface area contributed by atoms with E-state index in [1.54, 1.807) is 6.07 Å². The maximum absolute atomic E-state index is 14.5. The molecule has 2 aromatic carbocycles. The summed E-state index contributed by atoms with van der Waals surface area (Å²) >= 11 is 0. The van der Waals surface area contributed by atoms with Gasteiger partial charge in [-0.2, -0.15) is 0 Å². The predicted octanol–water partition coefficient (Wildman–Crippen LogP) is 4.15. The Balaban J connectivity index is 2.05. The number of nitrogen functional groups attached to an aromatic ring is 1. The first kappa shape index (κ1) is 14.2. The van der Waals surface area contributed by atoms with Crippen molar-refractivity contribution in [3.63, 3.8) is 0 Å². The molecule has 0 amide bonds. The minimum Gasteiger partial charge on any atom is -0.382 e. The van der Waals surface area contributed by atoms with Crippen LogP contribution in [-0.4, -0.2) is 9.97 Å². The Bertz CT molecular complexity index is 826. The van der Waals surface area contributed by atoms with Crippen LogP contribution < -0.4 is 5.73 Å². The van der Waals surface area contributed by atoms with Crippen molar-refractivity contribution in [1.29, 1.82) is 0 Å². The van der Waals surface area contributed by atoms with E-state index in [-0.39, 0.29) is 5.82 Å². The van der Waals surface area contributed by atoms with Crippen molar-refractivity contribution in [2.75, 3.05) is 5.73 Å². The summed E-state index contributed by atoms with van der Waals surface area (Å²) < 4.78 is 14.5. The summed E-state index contributed by atoms with van der Waals surface area (Å²) in [7, 11) is 0. The Morgan fingerprint density at radius 1 is 0.909 bits per heavy atom. The molecule has 3 rings (SSSR count). The largest absolute Gasteiger partial charge is 0.382 e. The first-order valence-corrected chi connectivity index (χ1v) is 6.99. The molecule has 2 N–H and O–H groups in total. The number of aryl methyl sites for hydroxylation is 2. The third kappa shape index (κ3) is 2.68. The van der Waals surface area contributed by atoms with Crippen molar-refractivity contribution < 1.29 is 4.39 Å². The minimum absolute atomic E-state index is 0.316. The smallest absolute Gasteiger partial charge is 0.141 e. The number of hydrogen-bond donors (Lipinski definition) is 1. The molecule has 0 aliphatic carbocycles. The van der Waals surface area contributed by atoms with Gasteiger partial charge in [-0.15, -0.1) is 0 Å². The lowest BCUT2D eigenvalue weighted by atomic mass is 9.97. The van der Waals surface area contributed by atoms with Crippen LogP contribution in [0.25, 0.3) is 22.4 Å². The molecule has 3 aromatic rings. The number of anilines is 1. The second kappa shape index (κ2) is 5.56. The van der Waals surface area contributed by atoms with Crippen LogP contribution in [0.2, 0.25) is 0 Å². The molecule has 0 bridgehead atoms. The Morgan fingerprint density at radius 3 is 2.41 bits per heavy atom. The fourth-order valence-electron chi connectivity index (χ4n) is 2.41. The Kier molecular flexibility index (Phi) is 3.59. The Hall–Kier alpha value is -2.75. The molecule has 4 heteroatoms. The summed E-state index contributed by atoms with van der Waals surface area (Å²) in [6.45, 7) is 4.05. The van der Waals surface area contributed by atoms with Crippen LogP contribution in [0.1, 0.15) is 11.1 Å². The number of nitrogens with zero attached hydrogens (tertiary/aromatic N) is 2. The van der Waals surface area contributed by atoms with Gasteiger partial charge in [0, 0.05) is 5.56 Å². The normalized spacial score (nSPS) is 10.7. The lowest BCUT2D eigenvalue weighted by Gasteiger charge is -2.09. The zero-order chi connectivity index (χ0) is 15.7. The van der Waals surface area contributed by atoms with Crippen molar-refractivity contribution in [2.24, 2.45) is 0 Å². The third-order valence-electron chi connectivity index (χ3n) is 3.62. The topological polar surface area (TPSA) is 51.8 Å². The molecule has 3 nitrogen and oxygen atoms in total. The highest BCUT2D eigenvalue weighted by molar-refractivity contribution is 5.72. The highest BCUT2D eigenvalue weighted by Crippen LogP contribution is 2.29. The highest BCUT2D eigenvalue weighted by Gasteiger charge is 2.10. The van der Waals surface area contributed by atoms with Crippen molar-refractivity contribution in [2.45, 2.75) is 13.8 Å². The summed E-state index contributed by atoms with van der Waals surface area (Å²) in [5, 5.41) is 0. The predicted molar refractivity (Wildman–Crippen MR) is 86.7 cm³/mol. The van der Waals surface area contributed by atoms with E-state index in [1.807, 2.05) is 32.0 Å². The third-order valence-corrected chi connectivity index (χ3v) is 3.62. The number of benzene rings is 2. The maximum Gasteiger partial charge on any atom is 0.141 e. The fourth-order valence-corrected chi connectivity index (χ4v) is 2.41. The number of rotatable bonds is 2. The van der Waals surface area contributed by atoms with Crippen molar-refractivity contribution >= 4 is 5.82 Å². The summed E-state index contributed by atoms with van der Waals surface area (Å²) in [5.41, 5.74) is 10.5. The first-order chi connectivity index (χ1) is 10.5. The maximum atomic E-state index is 14.5. The van der Waals surface area contributed by atoms with E-state index in [0.717, 1.165) is 22.3 Å². The number of halogens is 1. The van der Waals surface area contributed by atoms with Crippen LogP contribution in [0, 0.1) is 19.7 Å². The average molecular weight is 293 g/mol. The van der Waals surface area contributed by atoms with Gasteiger partial charge in [0.1, 0.15) is 11.6 Å². The van der Waals surface area contributed by atoms with E-state index < -0.39 is 0 Å². The first-order valence-electron chi connectivity index (χ1n) is 6.99. The van der Waals surface area contributed by atoms with Gasteiger partial charge in [0.05, 0.1) is 18.1 Å². The lowest BCUT2D eigenvalue weighted by Crippen LogP contribution is -1.94. The monoisotopic (exact) mass is 293 g/mol. The van der Waals surface area contributed by atoms with E-state index >= 15 is 0 Å². The number of aromatic nitrogens is 2. The molecule has 0 saturated heterocycles. The molecule has 0 saturated carbocycles. The van der Waals surface area contributed by atoms with Gasteiger partial charge in [-0.25, -0.2) is 9.37 Å². The number of hydrogen-bond acceptors (Lipinski definition) is 3. The van der Waals surface area contributed by atoms with Crippen molar-refractivity contribution in [1.82, 2.24) is 9.97 Å². The van der Waals surface area contributed by atoms with E-state index in [4.69, 9.17) is 5.73 Å². The molecular formula is C18H16FN3. The zero-order valence-electron chi connectivity index (χ0n) is 12.5. The molecule has 0 radical (unpaired) electrons. The molecule has 0 spiro atoms. The summed E-state index contributed by atoms with van der Waals surface area (Å²) in [5.74, 6) is -0.00589. The van der Waals surface area contributed by atoms with E-state index in [9.17, 15) is 4.39 Å². The lowest BCUT2D eigenvalue weighted by molar-refractivity contribution is 0.631. The second-order valence-corrected chi connectivity index (χ2v) is 5.34. The van der Waals surface area contributed by atoms with Gasteiger partial charge in [0.2, 0.25) is 0 Å². The molecule has 0 fully saturated rings. The minimum atomic E-state index is -0.322. The van der Waals surface area contributed by atoms with Crippen molar-refractivity contribution in [3.05, 3.63) is 65.7 Å². The molecule has 22 heavy (non-hydrogen) atoms. The van der Waals surface area contributed by atoms with E-state index in [0.29, 0.717) is 17.1 Å². The van der Waals surface area contributed by atoms with Gasteiger partial charge in [-0.3, -0.25) is 4.98 Å². The van der Waals surface area contributed by atoms with Gasteiger partial charge < -0.3 is 5.73 Å². The van der Waals surface area contributed by atoms with Gasteiger partial charge >= 0.3 is 0 Å². The molecule has 1 aromatic heterocycles. The molecule has 0 atom stereocenters. The molecular weight excluding hydrogens is 277 g/mol. The Labute approximate surface area is 128 Å². The molecule has 0 aliphatic rings. The quantitative estimate of drug-likeness (QED) is 0.772. The van der Waals surface area contributed by atoms with E-state index in [2.05, 4.69) is 16.0 Å². The SMILES string of the molecule is Cc1ccc(C)c(-c2ccc(-c3cnc(N)cn3)c(F)c2)c1. The van der Waals surface area contributed by atoms with Crippen LogP contribution in [-0.2, 0) is 0 Å². The highest BCUT2D eigenvalue weighted by atomic mass is 19.1. The fraction of sp³-hybridized carbons (Fsp3) is 0.111. The number of nitrogens with two attached hydrogens (primary N) is 1. The summed E-state index contributed by atoms with van der Waals surface area (Å²) in [6.07, 6.45) is 2.90. The Morgan fingerprint density at radius 2 is 1.73 bits per heavy atom. The van der Waals surface area contributed by atoms with Gasteiger partial charge in [-0.05, 0) is 42.7 Å². The van der Waals surface area contributed by atoms with Crippen LogP contribution >= 0.6 is 0 Å². The van der Waals surface area contributed by atoms with Gasteiger partial charge in [0.25, 0.3) is 0 Å². The van der Waals surface area contributed by atoms with Crippen LogP contribution in [0.3, 0.4) is 0 Å². The summed E-state index contributed by atoms with van der Waals surface area (Å²) in [4.78, 5) is 8.07. The van der Waals surface area contributed by atoms with Crippen LogP contribution in [0.15, 0.2) is 48.8 Å².